The number of hydrogen-bond donors (Lipinski definition) is 4. The molecule has 28 heavy (non-hydrogen) atoms. The molecule has 0 saturated carbocycles. The topological polar surface area (TPSA) is 134 Å². The summed E-state index contributed by atoms with van der Waals surface area (Å²) in [7, 11) is 0. The summed E-state index contributed by atoms with van der Waals surface area (Å²) in [5.41, 5.74) is 0.800. The summed E-state index contributed by atoms with van der Waals surface area (Å²) in [6.45, 7) is 0.296. The van der Waals surface area contributed by atoms with Gasteiger partial charge in [0.05, 0.1) is 16.2 Å². The van der Waals surface area contributed by atoms with Gasteiger partial charge in [0, 0.05) is 30.8 Å². The Labute approximate surface area is 165 Å². The minimum Gasteiger partial charge on any atom is -0.396 e. The van der Waals surface area contributed by atoms with E-state index in [9.17, 15) is 19.7 Å². The molecular formula is C18H18N4O5S. The van der Waals surface area contributed by atoms with Gasteiger partial charge in [-0.15, -0.1) is 0 Å². The zero-order valence-corrected chi connectivity index (χ0v) is 15.5. The van der Waals surface area contributed by atoms with E-state index in [-0.39, 0.29) is 28.9 Å². The minimum absolute atomic E-state index is 0.0287. The molecule has 0 bridgehead atoms. The van der Waals surface area contributed by atoms with Crippen molar-refractivity contribution in [2.45, 2.75) is 6.42 Å². The maximum Gasteiger partial charge on any atom is 0.269 e. The van der Waals surface area contributed by atoms with Crippen LogP contribution in [0.1, 0.15) is 27.1 Å². The van der Waals surface area contributed by atoms with Crippen LogP contribution in [0.3, 0.4) is 0 Å². The highest BCUT2D eigenvalue weighted by Crippen LogP contribution is 2.15. The zero-order chi connectivity index (χ0) is 20.5. The number of nitro groups is 1. The standard InChI is InChI=1S/C18H18N4O5S/c23-11-3-10-19-17(25)14-4-1-2-5-15(14)20-18(28)21-16(24)12-6-8-13(9-7-12)22(26)27/h1-2,4-9,23H,3,10-11H2,(H,19,25)(H2,20,21,24,28). The van der Waals surface area contributed by atoms with Crippen molar-refractivity contribution in [1.29, 1.82) is 0 Å². The largest absolute Gasteiger partial charge is 0.396 e. The zero-order valence-electron chi connectivity index (χ0n) is 14.7. The van der Waals surface area contributed by atoms with E-state index in [1.807, 2.05) is 0 Å². The molecule has 2 rings (SSSR count). The molecule has 146 valence electrons. The highest BCUT2D eigenvalue weighted by molar-refractivity contribution is 7.80. The van der Waals surface area contributed by atoms with Crippen LogP contribution < -0.4 is 16.0 Å². The van der Waals surface area contributed by atoms with Crippen molar-refractivity contribution in [3.05, 3.63) is 69.8 Å². The van der Waals surface area contributed by atoms with E-state index in [1.165, 1.54) is 24.3 Å². The van der Waals surface area contributed by atoms with E-state index >= 15 is 0 Å². The van der Waals surface area contributed by atoms with Gasteiger partial charge in [-0.05, 0) is 42.9 Å². The lowest BCUT2D eigenvalue weighted by molar-refractivity contribution is -0.384. The average Bonchev–Trinajstić information content (AvgIpc) is 2.68. The van der Waals surface area contributed by atoms with Crippen LogP contribution in [-0.2, 0) is 0 Å². The lowest BCUT2D eigenvalue weighted by atomic mass is 10.1. The van der Waals surface area contributed by atoms with Crippen molar-refractivity contribution < 1.29 is 19.6 Å². The molecule has 0 aromatic heterocycles. The number of nitrogens with zero attached hydrogens (tertiary/aromatic N) is 1. The first-order valence-electron chi connectivity index (χ1n) is 8.27. The lowest BCUT2D eigenvalue weighted by Crippen LogP contribution is -2.35. The third-order valence-electron chi connectivity index (χ3n) is 3.61. The number of amides is 2. The number of nitro benzene ring substituents is 1. The number of non-ortho nitro benzene ring substituents is 1. The Morgan fingerprint density at radius 3 is 2.39 bits per heavy atom. The molecule has 0 unspecified atom stereocenters. The Kier molecular flexibility index (Phi) is 7.55. The smallest absolute Gasteiger partial charge is 0.269 e. The van der Waals surface area contributed by atoms with E-state index in [0.29, 0.717) is 24.2 Å². The van der Waals surface area contributed by atoms with Gasteiger partial charge in [-0.3, -0.25) is 25.0 Å². The summed E-state index contributed by atoms with van der Waals surface area (Å²) in [5.74, 6) is -0.890. The third kappa shape index (κ3) is 5.83. The van der Waals surface area contributed by atoms with Crippen LogP contribution in [0, 0.1) is 10.1 Å². The SMILES string of the molecule is O=C(NC(=S)Nc1ccccc1C(=O)NCCCO)c1ccc([N+](=O)[O-])cc1. The minimum atomic E-state index is -0.559. The molecule has 0 saturated heterocycles. The molecule has 0 heterocycles. The van der Waals surface area contributed by atoms with Crippen LogP contribution in [0.2, 0.25) is 0 Å². The monoisotopic (exact) mass is 402 g/mol. The van der Waals surface area contributed by atoms with Crippen LogP contribution in [-0.4, -0.2) is 40.1 Å². The summed E-state index contributed by atoms with van der Waals surface area (Å²) in [5, 5.41) is 27.3. The fourth-order valence-electron chi connectivity index (χ4n) is 2.23. The molecule has 9 nitrogen and oxygen atoms in total. The number of carbonyl (C=O) groups excluding carboxylic acids is 2. The Morgan fingerprint density at radius 2 is 1.75 bits per heavy atom. The first kappa shape index (κ1) is 20.9. The fourth-order valence-corrected chi connectivity index (χ4v) is 2.43. The molecular weight excluding hydrogens is 384 g/mol. The summed E-state index contributed by atoms with van der Waals surface area (Å²) >= 11 is 5.12. The molecule has 0 aliphatic rings. The molecule has 2 amide bonds. The van der Waals surface area contributed by atoms with Gasteiger partial charge in [-0.25, -0.2) is 0 Å². The van der Waals surface area contributed by atoms with Crippen LogP contribution >= 0.6 is 12.2 Å². The Bertz CT molecular complexity index is 886. The van der Waals surface area contributed by atoms with Crippen molar-refractivity contribution in [3.8, 4) is 0 Å². The van der Waals surface area contributed by atoms with Gasteiger partial charge in [0.25, 0.3) is 17.5 Å². The number of anilines is 1. The average molecular weight is 402 g/mol. The van der Waals surface area contributed by atoms with E-state index in [0.717, 1.165) is 0 Å². The molecule has 0 spiro atoms. The molecule has 2 aromatic rings. The van der Waals surface area contributed by atoms with Gasteiger partial charge in [0.1, 0.15) is 0 Å². The fraction of sp³-hybridized carbons (Fsp3) is 0.167. The van der Waals surface area contributed by atoms with Gasteiger partial charge in [-0.1, -0.05) is 12.1 Å². The number of hydrogen-bond acceptors (Lipinski definition) is 6. The Balaban J connectivity index is 2.01. The second-order valence-corrected chi connectivity index (χ2v) is 6.00. The second kappa shape index (κ2) is 10.1. The quantitative estimate of drug-likeness (QED) is 0.240. The number of rotatable bonds is 7. The van der Waals surface area contributed by atoms with E-state index < -0.39 is 10.8 Å². The third-order valence-corrected chi connectivity index (χ3v) is 3.81. The summed E-state index contributed by atoms with van der Waals surface area (Å²) in [6.07, 6.45) is 0.436. The van der Waals surface area contributed by atoms with Crippen molar-refractivity contribution in [3.63, 3.8) is 0 Å². The van der Waals surface area contributed by atoms with Crippen molar-refractivity contribution in [2.24, 2.45) is 0 Å². The van der Waals surface area contributed by atoms with Crippen LogP contribution in [0.25, 0.3) is 0 Å². The highest BCUT2D eigenvalue weighted by Gasteiger charge is 2.14. The number of nitrogens with one attached hydrogen (secondary N) is 3. The summed E-state index contributed by atoms with van der Waals surface area (Å²) < 4.78 is 0. The summed E-state index contributed by atoms with van der Waals surface area (Å²) in [6, 6.07) is 11.7. The maximum absolute atomic E-state index is 12.2. The van der Waals surface area contributed by atoms with Gasteiger partial charge in [0.2, 0.25) is 0 Å². The first-order valence-corrected chi connectivity index (χ1v) is 8.68. The number of thiocarbonyl (C=S) groups is 1. The van der Waals surface area contributed by atoms with Crippen molar-refractivity contribution in [1.82, 2.24) is 10.6 Å². The van der Waals surface area contributed by atoms with Gasteiger partial charge >= 0.3 is 0 Å². The molecule has 0 atom stereocenters. The maximum atomic E-state index is 12.2. The van der Waals surface area contributed by atoms with E-state index in [4.69, 9.17) is 17.3 Å². The predicted molar refractivity (Wildman–Crippen MR) is 107 cm³/mol. The molecule has 10 heteroatoms. The van der Waals surface area contributed by atoms with Crippen molar-refractivity contribution in [2.75, 3.05) is 18.5 Å². The number of para-hydroxylation sites is 1. The molecule has 0 aliphatic heterocycles. The number of carbonyl (C=O) groups is 2. The summed E-state index contributed by atoms with van der Waals surface area (Å²) in [4.78, 5) is 34.5. The van der Waals surface area contributed by atoms with Crippen molar-refractivity contribution >= 4 is 40.5 Å². The van der Waals surface area contributed by atoms with Crippen LogP contribution in [0.4, 0.5) is 11.4 Å². The van der Waals surface area contributed by atoms with E-state index in [2.05, 4.69) is 16.0 Å². The number of aliphatic hydroxyl groups is 1. The normalized spacial score (nSPS) is 10.0. The van der Waals surface area contributed by atoms with Gasteiger partial charge in [0.15, 0.2) is 5.11 Å². The first-order chi connectivity index (χ1) is 13.4. The molecule has 2 aromatic carbocycles. The second-order valence-electron chi connectivity index (χ2n) is 5.59. The molecule has 0 radical (unpaired) electrons. The number of benzene rings is 2. The van der Waals surface area contributed by atoms with E-state index in [1.54, 1.807) is 24.3 Å². The van der Waals surface area contributed by atoms with Gasteiger partial charge < -0.3 is 15.7 Å². The Morgan fingerprint density at radius 1 is 1.07 bits per heavy atom. The highest BCUT2D eigenvalue weighted by atomic mass is 32.1. The molecule has 0 aliphatic carbocycles. The van der Waals surface area contributed by atoms with Crippen LogP contribution in [0.15, 0.2) is 48.5 Å². The predicted octanol–water partition coefficient (Wildman–Crippen LogP) is 1.83. The number of aliphatic hydroxyl groups excluding tert-OH is 1. The lowest BCUT2D eigenvalue weighted by Gasteiger charge is -2.13. The van der Waals surface area contributed by atoms with Crippen LogP contribution in [0.5, 0.6) is 0 Å². The molecule has 4 N–H and O–H groups in total. The van der Waals surface area contributed by atoms with Gasteiger partial charge in [-0.2, -0.15) is 0 Å². The molecule has 0 fully saturated rings. The Hall–Kier alpha value is -3.37.